The highest BCUT2D eigenvalue weighted by Crippen LogP contribution is 2.21. The molecule has 22 heavy (non-hydrogen) atoms. The minimum absolute atomic E-state index is 0.0115. The van der Waals surface area contributed by atoms with Crippen LogP contribution in [0.2, 0.25) is 0 Å². The Morgan fingerprint density at radius 3 is 2.91 bits per heavy atom. The molecule has 3 aromatic rings. The normalized spacial score (nSPS) is 10.8. The van der Waals surface area contributed by atoms with E-state index in [-0.39, 0.29) is 5.69 Å². The summed E-state index contributed by atoms with van der Waals surface area (Å²) in [6, 6.07) is 7.21. The molecule has 112 valence electrons. The maximum Gasteiger partial charge on any atom is 0.287 e. The van der Waals surface area contributed by atoms with Gasteiger partial charge in [0.25, 0.3) is 5.69 Å². The van der Waals surface area contributed by atoms with Gasteiger partial charge in [-0.25, -0.2) is 4.98 Å². The van der Waals surface area contributed by atoms with Gasteiger partial charge in [0.15, 0.2) is 11.5 Å². The molecule has 0 unspecified atom stereocenters. The third kappa shape index (κ3) is 2.46. The summed E-state index contributed by atoms with van der Waals surface area (Å²) in [6.45, 7) is 2.30. The van der Waals surface area contributed by atoms with Gasteiger partial charge in [0, 0.05) is 19.3 Å². The fourth-order valence-corrected chi connectivity index (χ4v) is 2.34. The van der Waals surface area contributed by atoms with E-state index in [1.165, 1.54) is 12.3 Å². The van der Waals surface area contributed by atoms with Crippen molar-refractivity contribution in [2.45, 2.75) is 13.5 Å². The van der Waals surface area contributed by atoms with Crippen LogP contribution in [-0.2, 0) is 6.54 Å². The average Bonchev–Trinajstić information content (AvgIpc) is 2.90. The molecule has 0 N–H and O–H groups in total. The predicted molar refractivity (Wildman–Crippen MR) is 80.7 cm³/mol. The summed E-state index contributed by atoms with van der Waals surface area (Å²) >= 11 is 0. The molecule has 0 aliphatic carbocycles. The summed E-state index contributed by atoms with van der Waals surface area (Å²) in [5, 5.41) is 19.0. The van der Waals surface area contributed by atoms with E-state index in [1.54, 1.807) is 6.92 Å². The molecule has 0 amide bonds. The monoisotopic (exact) mass is 298 g/mol. The number of rotatable bonds is 4. The molecule has 0 aliphatic heterocycles. The lowest BCUT2D eigenvalue weighted by molar-refractivity contribution is -0.385. The van der Waals surface area contributed by atoms with Crippen LogP contribution in [0.4, 0.5) is 11.5 Å². The van der Waals surface area contributed by atoms with Gasteiger partial charge in [-0.05, 0) is 24.6 Å². The lowest BCUT2D eigenvalue weighted by Crippen LogP contribution is -2.20. The van der Waals surface area contributed by atoms with E-state index in [4.69, 9.17) is 0 Å². The lowest BCUT2D eigenvalue weighted by Gasteiger charge is -2.18. The number of hydrogen-bond donors (Lipinski definition) is 0. The summed E-state index contributed by atoms with van der Waals surface area (Å²) in [6.07, 6.45) is 3.16. The van der Waals surface area contributed by atoms with Gasteiger partial charge < -0.3 is 4.90 Å². The standard InChI is InChI=1S/C14H14N6O2/c1-10-7-11(20(21)22)8-15-14(10)18(2)9-13-17-16-12-5-3-4-6-19(12)13/h3-8H,9H2,1-2H3. The molecule has 0 saturated carbocycles. The summed E-state index contributed by atoms with van der Waals surface area (Å²) in [4.78, 5) is 16.4. The average molecular weight is 298 g/mol. The smallest absolute Gasteiger partial charge is 0.287 e. The number of nitro groups is 1. The Bertz CT molecular complexity index is 844. The van der Waals surface area contributed by atoms with Crippen molar-refractivity contribution in [3.8, 4) is 0 Å². The first-order chi connectivity index (χ1) is 10.6. The molecule has 0 aliphatic rings. The van der Waals surface area contributed by atoms with E-state index in [2.05, 4.69) is 15.2 Å². The quantitative estimate of drug-likeness (QED) is 0.540. The molecule has 0 aromatic carbocycles. The maximum absolute atomic E-state index is 10.8. The Morgan fingerprint density at radius 2 is 2.18 bits per heavy atom. The largest absolute Gasteiger partial charge is 0.352 e. The summed E-state index contributed by atoms with van der Waals surface area (Å²) in [5.41, 5.74) is 1.51. The Labute approximate surface area is 126 Å². The van der Waals surface area contributed by atoms with E-state index in [1.807, 2.05) is 40.7 Å². The van der Waals surface area contributed by atoms with Crippen LogP contribution >= 0.6 is 0 Å². The summed E-state index contributed by atoms with van der Waals surface area (Å²) in [7, 11) is 1.87. The zero-order valence-electron chi connectivity index (χ0n) is 12.2. The van der Waals surface area contributed by atoms with Crippen LogP contribution in [0.15, 0.2) is 36.7 Å². The first-order valence-electron chi connectivity index (χ1n) is 6.67. The van der Waals surface area contributed by atoms with Gasteiger partial charge in [-0.2, -0.15) is 0 Å². The third-order valence-corrected chi connectivity index (χ3v) is 3.37. The molecule has 3 rings (SSSR count). The fourth-order valence-electron chi connectivity index (χ4n) is 2.34. The van der Waals surface area contributed by atoms with Crippen LogP contribution in [0.25, 0.3) is 5.65 Å². The Balaban J connectivity index is 1.88. The minimum atomic E-state index is -0.449. The van der Waals surface area contributed by atoms with E-state index >= 15 is 0 Å². The van der Waals surface area contributed by atoms with Gasteiger partial charge in [-0.15, -0.1) is 10.2 Å². The van der Waals surface area contributed by atoms with Gasteiger partial charge in [0.05, 0.1) is 11.5 Å². The first kappa shape index (κ1) is 13.9. The first-order valence-corrected chi connectivity index (χ1v) is 6.67. The second-order valence-electron chi connectivity index (χ2n) is 4.99. The zero-order valence-corrected chi connectivity index (χ0v) is 12.2. The number of anilines is 1. The number of fused-ring (bicyclic) bond motifs is 1. The van der Waals surface area contributed by atoms with Crippen LogP contribution in [0.3, 0.4) is 0 Å². The number of nitrogens with zero attached hydrogens (tertiary/aromatic N) is 6. The highest BCUT2D eigenvalue weighted by molar-refractivity contribution is 5.50. The minimum Gasteiger partial charge on any atom is -0.352 e. The third-order valence-electron chi connectivity index (χ3n) is 3.37. The molecule has 0 atom stereocenters. The molecular formula is C14H14N6O2. The fraction of sp³-hybridized carbons (Fsp3) is 0.214. The molecule has 0 radical (unpaired) electrons. The van der Waals surface area contributed by atoms with Crippen molar-refractivity contribution in [2.75, 3.05) is 11.9 Å². The van der Waals surface area contributed by atoms with Crippen LogP contribution in [0.1, 0.15) is 11.4 Å². The van der Waals surface area contributed by atoms with Crippen LogP contribution in [0.5, 0.6) is 0 Å². The highest BCUT2D eigenvalue weighted by Gasteiger charge is 2.14. The lowest BCUT2D eigenvalue weighted by atomic mass is 10.2. The Morgan fingerprint density at radius 1 is 1.36 bits per heavy atom. The summed E-state index contributed by atoms with van der Waals surface area (Å²) in [5.74, 6) is 1.45. The van der Waals surface area contributed by atoms with Crippen molar-refractivity contribution in [1.29, 1.82) is 0 Å². The Hall–Kier alpha value is -3.03. The molecule has 0 bridgehead atoms. The predicted octanol–water partition coefficient (Wildman–Crippen LogP) is 1.98. The second kappa shape index (κ2) is 5.40. The van der Waals surface area contributed by atoms with Crippen molar-refractivity contribution in [1.82, 2.24) is 19.6 Å². The molecule has 3 heterocycles. The van der Waals surface area contributed by atoms with E-state index < -0.39 is 4.92 Å². The summed E-state index contributed by atoms with van der Waals surface area (Å²) < 4.78 is 1.90. The number of aromatic nitrogens is 4. The molecular weight excluding hydrogens is 284 g/mol. The van der Waals surface area contributed by atoms with E-state index in [9.17, 15) is 10.1 Å². The second-order valence-corrected chi connectivity index (χ2v) is 4.99. The van der Waals surface area contributed by atoms with Crippen molar-refractivity contribution >= 4 is 17.2 Å². The number of aryl methyl sites for hydroxylation is 1. The van der Waals surface area contributed by atoms with Crippen LogP contribution in [0, 0.1) is 17.0 Å². The van der Waals surface area contributed by atoms with Gasteiger partial charge in [0.2, 0.25) is 0 Å². The van der Waals surface area contributed by atoms with Gasteiger partial charge in [-0.1, -0.05) is 6.07 Å². The molecule has 8 heteroatoms. The van der Waals surface area contributed by atoms with Crippen molar-refractivity contribution < 1.29 is 4.92 Å². The van der Waals surface area contributed by atoms with Gasteiger partial charge in [-0.3, -0.25) is 14.5 Å². The molecule has 0 fully saturated rings. The van der Waals surface area contributed by atoms with Crippen molar-refractivity contribution in [3.63, 3.8) is 0 Å². The van der Waals surface area contributed by atoms with Gasteiger partial charge in [0.1, 0.15) is 12.0 Å². The molecule has 3 aromatic heterocycles. The van der Waals surface area contributed by atoms with Crippen molar-refractivity contribution in [3.05, 3.63) is 58.2 Å². The number of hydrogen-bond acceptors (Lipinski definition) is 6. The van der Waals surface area contributed by atoms with Gasteiger partial charge >= 0.3 is 0 Å². The SMILES string of the molecule is Cc1cc([N+](=O)[O-])cnc1N(C)Cc1nnc2ccccn12. The van der Waals surface area contributed by atoms with Crippen LogP contribution < -0.4 is 4.90 Å². The molecule has 0 spiro atoms. The Kier molecular flexibility index (Phi) is 3.42. The van der Waals surface area contributed by atoms with E-state index in [0.717, 1.165) is 17.0 Å². The van der Waals surface area contributed by atoms with E-state index in [0.29, 0.717) is 12.4 Å². The van der Waals surface area contributed by atoms with Crippen molar-refractivity contribution in [2.24, 2.45) is 0 Å². The number of pyridine rings is 2. The molecule has 0 saturated heterocycles. The highest BCUT2D eigenvalue weighted by atomic mass is 16.6. The molecule has 8 nitrogen and oxygen atoms in total. The topological polar surface area (TPSA) is 89.5 Å². The zero-order chi connectivity index (χ0) is 15.7. The maximum atomic E-state index is 10.8. The van der Waals surface area contributed by atoms with Crippen LogP contribution in [-0.4, -0.2) is 31.6 Å².